The van der Waals surface area contributed by atoms with Crippen molar-refractivity contribution in [2.45, 2.75) is 0 Å². The Hall–Kier alpha value is -11.9. The smallest absolute Gasteiger partial charge is 0.180 e. The van der Waals surface area contributed by atoms with Crippen LogP contribution in [-0.4, -0.2) is 29.8 Å². The van der Waals surface area contributed by atoms with Crippen LogP contribution in [0.3, 0.4) is 0 Å². The zero-order valence-electron chi connectivity index (χ0n) is 52.2. The summed E-state index contributed by atoms with van der Waals surface area (Å²) < 4.78 is 7.52. The maximum Gasteiger partial charge on any atom is 0.180 e. The molecule has 5 heteroatoms. The Morgan fingerprint density at radius 2 is 0.474 bits per heavy atom. The predicted octanol–water partition coefficient (Wildman–Crippen LogP) is 17.1. The number of nitrogens with zero attached hydrogens (tertiary/aromatic N) is 3. The maximum absolute atomic E-state index is 3.21. The fourth-order valence-electron chi connectivity index (χ4n) is 16.1. The second kappa shape index (κ2) is 23.1. The zero-order chi connectivity index (χ0) is 62.9. The van der Waals surface area contributed by atoms with Gasteiger partial charge in [-0.2, -0.15) is 0 Å². The molecule has 0 amide bonds. The van der Waals surface area contributed by atoms with Crippen LogP contribution in [0.4, 0.5) is 0 Å². The van der Waals surface area contributed by atoms with Gasteiger partial charge in [0.1, 0.15) is 0 Å². The van der Waals surface area contributed by atoms with Crippen LogP contribution < -0.4 is 41.5 Å². The van der Waals surface area contributed by atoms with E-state index >= 15 is 0 Å². The molecule has 0 N–H and O–H groups in total. The molecule has 0 atom stereocenters. The minimum atomic E-state index is -3.21. The van der Waals surface area contributed by atoms with E-state index in [-0.39, 0.29) is 0 Å². The summed E-state index contributed by atoms with van der Waals surface area (Å²) in [6, 6.07) is 144. The van der Waals surface area contributed by atoms with Crippen molar-refractivity contribution in [3.05, 3.63) is 382 Å². The molecule has 0 spiro atoms. The van der Waals surface area contributed by atoms with Crippen molar-refractivity contribution in [1.82, 2.24) is 13.7 Å². The van der Waals surface area contributed by atoms with Gasteiger partial charge in [0.15, 0.2) is 16.1 Å². The Bertz CT molecular complexity index is 5740. The SMILES string of the molecule is c1ccc(-c2cccc([Si](c3ccccc3)(c3cccc(-c4ccccc4)c3)c3cccc(-n4c5ccccc5c5cc(-n6c7ccccc7c7c([Si](c8ccccc8)(c8ccccc8)c8cccc(-n9c%10ccccc%10c%10ccccc%109)c8)cccc76)ccc54)c3)c2)cc1. The standard InChI is InChI=1S/C90H63N3Si2/c1-6-29-64(30-7-1)66-33-24-43-74(59-66)94(71-37-10-3-11-38-71,75-44-25-34-67(60-75)65-31-8-2-9-32-65)76-45-26-35-68(61-76)92-85-53-22-18-49-80(85)82-63-70(57-58-87(82)92)93-86-54-23-19-50-81(86)90-88(93)55-28-56-89(90)95(72-39-12-4-13-40-72,73-41-14-5-15-42-73)77-46-27-36-69(62-77)91-83-51-20-16-47-78(83)79-48-17-21-52-84(79)91/h1-63H. The molecule has 3 heterocycles. The number of rotatable bonds is 13. The van der Waals surface area contributed by atoms with Gasteiger partial charge in [0.25, 0.3) is 0 Å². The van der Waals surface area contributed by atoms with Gasteiger partial charge >= 0.3 is 0 Å². The van der Waals surface area contributed by atoms with E-state index in [4.69, 9.17) is 0 Å². The Morgan fingerprint density at radius 1 is 0.168 bits per heavy atom. The molecule has 3 nitrogen and oxygen atoms in total. The minimum Gasteiger partial charge on any atom is -0.309 e. The number of para-hydroxylation sites is 4. The number of hydrogen-bond donors (Lipinski definition) is 0. The van der Waals surface area contributed by atoms with E-state index < -0.39 is 16.1 Å². The molecule has 0 radical (unpaired) electrons. The van der Waals surface area contributed by atoms with Gasteiger partial charge in [-0.3, -0.25) is 0 Å². The number of aromatic nitrogens is 3. The van der Waals surface area contributed by atoms with E-state index in [1.54, 1.807) is 0 Å². The van der Waals surface area contributed by atoms with Gasteiger partial charge < -0.3 is 13.7 Å². The molecule has 0 aliphatic heterocycles. The lowest BCUT2D eigenvalue weighted by Crippen LogP contribution is -2.74. The largest absolute Gasteiger partial charge is 0.309 e. The molecule has 0 aliphatic carbocycles. The van der Waals surface area contributed by atoms with Crippen LogP contribution in [0.1, 0.15) is 0 Å². The van der Waals surface area contributed by atoms with Crippen LogP contribution in [0, 0.1) is 0 Å². The molecule has 18 aromatic rings. The fraction of sp³-hybridized carbons (Fsp3) is 0. The van der Waals surface area contributed by atoms with Gasteiger partial charge in [-0.05, 0) is 137 Å². The summed E-state index contributed by atoms with van der Waals surface area (Å²) in [5.74, 6) is 0. The molecule has 15 aromatic carbocycles. The maximum atomic E-state index is 2.54. The van der Waals surface area contributed by atoms with E-state index in [0.717, 1.165) is 28.1 Å². The summed E-state index contributed by atoms with van der Waals surface area (Å²) in [5, 5.41) is 18.0. The molecule has 0 bridgehead atoms. The third kappa shape index (κ3) is 8.92. The van der Waals surface area contributed by atoms with E-state index in [1.165, 1.54) is 118 Å². The van der Waals surface area contributed by atoms with Gasteiger partial charge in [0.05, 0.1) is 33.1 Å². The van der Waals surface area contributed by atoms with Gasteiger partial charge in [0.2, 0.25) is 0 Å². The minimum absolute atomic E-state index is 1.12. The van der Waals surface area contributed by atoms with Crippen LogP contribution in [-0.2, 0) is 0 Å². The second-order valence-corrected chi connectivity index (χ2v) is 32.6. The van der Waals surface area contributed by atoms with Gasteiger partial charge in [-0.25, -0.2) is 0 Å². The lowest BCUT2D eigenvalue weighted by atomic mass is 10.1. The highest BCUT2D eigenvalue weighted by atomic mass is 28.3. The van der Waals surface area contributed by atoms with Crippen molar-refractivity contribution in [2.24, 2.45) is 0 Å². The number of fused-ring (bicyclic) bond motifs is 9. The first-order valence-corrected chi connectivity index (χ1v) is 36.9. The summed E-state index contributed by atoms with van der Waals surface area (Å²) in [6.07, 6.45) is 0. The van der Waals surface area contributed by atoms with E-state index in [1.807, 2.05) is 0 Å². The van der Waals surface area contributed by atoms with E-state index in [0.29, 0.717) is 0 Å². The molecule has 0 saturated heterocycles. The van der Waals surface area contributed by atoms with E-state index in [2.05, 4.69) is 396 Å². The van der Waals surface area contributed by atoms with Crippen molar-refractivity contribution >= 4 is 123 Å². The lowest BCUT2D eigenvalue weighted by molar-refractivity contribution is 1.17. The molecule has 0 fully saturated rings. The first-order valence-electron chi connectivity index (χ1n) is 32.9. The second-order valence-electron chi connectivity index (χ2n) is 25.1. The molecule has 18 rings (SSSR count). The molecule has 446 valence electrons. The first-order chi connectivity index (χ1) is 47.1. The van der Waals surface area contributed by atoms with Crippen molar-refractivity contribution in [3.8, 4) is 39.3 Å². The van der Waals surface area contributed by atoms with Crippen LogP contribution in [0.25, 0.3) is 105 Å². The number of benzene rings is 15. The Kier molecular flexibility index (Phi) is 13.6. The summed E-state index contributed by atoms with van der Waals surface area (Å²) in [6.45, 7) is 0. The molecule has 0 aliphatic rings. The third-order valence-electron chi connectivity index (χ3n) is 20.1. The average molecular weight is 1240 g/mol. The highest BCUT2D eigenvalue weighted by molar-refractivity contribution is 7.21. The molecular formula is C90H63N3Si2. The monoisotopic (exact) mass is 1240 g/mol. The van der Waals surface area contributed by atoms with Crippen LogP contribution >= 0.6 is 0 Å². The quantitative estimate of drug-likeness (QED) is 0.0807. The van der Waals surface area contributed by atoms with Crippen molar-refractivity contribution in [3.63, 3.8) is 0 Å². The summed E-state index contributed by atoms with van der Waals surface area (Å²) in [7, 11) is -6.35. The lowest BCUT2D eigenvalue weighted by Gasteiger charge is -2.35. The number of hydrogen-bond acceptors (Lipinski definition) is 0. The predicted molar refractivity (Wildman–Crippen MR) is 408 cm³/mol. The van der Waals surface area contributed by atoms with Crippen molar-refractivity contribution < 1.29 is 0 Å². The van der Waals surface area contributed by atoms with Gasteiger partial charge in [-0.1, -0.05) is 309 Å². The highest BCUT2D eigenvalue weighted by Crippen LogP contribution is 2.39. The van der Waals surface area contributed by atoms with E-state index in [9.17, 15) is 0 Å². The van der Waals surface area contributed by atoms with Crippen molar-refractivity contribution in [2.75, 3.05) is 0 Å². The van der Waals surface area contributed by atoms with Crippen LogP contribution in [0.5, 0.6) is 0 Å². The van der Waals surface area contributed by atoms with Gasteiger partial charge in [0, 0.05) is 49.4 Å². The summed E-state index contributed by atoms with van der Waals surface area (Å²) in [5.41, 5.74) is 15.3. The molecule has 0 saturated carbocycles. The summed E-state index contributed by atoms with van der Waals surface area (Å²) >= 11 is 0. The molecular weight excluding hydrogens is 1180 g/mol. The Balaban J connectivity index is 0.848. The molecule has 0 unspecified atom stereocenters. The van der Waals surface area contributed by atoms with Crippen molar-refractivity contribution in [1.29, 1.82) is 0 Å². The summed E-state index contributed by atoms with van der Waals surface area (Å²) in [4.78, 5) is 0. The van der Waals surface area contributed by atoms with Gasteiger partial charge in [-0.15, -0.1) is 0 Å². The molecule has 95 heavy (non-hydrogen) atoms. The zero-order valence-corrected chi connectivity index (χ0v) is 54.2. The first kappa shape index (κ1) is 55.9. The molecule has 3 aromatic heterocycles. The third-order valence-corrected chi connectivity index (χ3v) is 29.6. The van der Waals surface area contributed by atoms with Crippen LogP contribution in [0.15, 0.2) is 382 Å². The van der Waals surface area contributed by atoms with Crippen LogP contribution in [0.2, 0.25) is 0 Å². The topological polar surface area (TPSA) is 14.8 Å². The fourth-order valence-corrected chi connectivity index (χ4v) is 26.0. The normalized spacial score (nSPS) is 12.0. The Morgan fingerprint density at radius 3 is 0.958 bits per heavy atom. The highest BCUT2D eigenvalue weighted by Gasteiger charge is 2.45. The Labute approximate surface area is 554 Å². The average Bonchev–Trinajstić information content (AvgIpc) is 1.71.